The highest BCUT2D eigenvalue weighted by Gasteiger charge is 2.07. The first kappa shape index (κ1) is 15.7. The minimum Gasteiger partial charge on any atom is -0.370 e. The predicted molar refractivity (Wildman–Crippen MR) is 73.2 cm³/mol. The number of nitrogens with zero attached hydrogens (tertiary/aromatic N) is 3. The molecular formula is C11H26N6. The van der Waals surface area contributed by atoms with Crippen LogP contribution in [0.25, 0.3) is 0 Å². The Bertz CT molecular complexity index is 242. The van der Waals surface area contributed by atoms with E-state index in [2.05, 4.69) is 23.7 Å². The van der Waals surface area contributed by atoms with Gasteiger partial charge in [-0.1, -0.05) is 13.8 Å². The lowest BCUT2D eigenvalue weighted by Gasteiger charge is -2.23. The molecule has 0 aromatic rings. The lowest BCUT2D eigenvalue weighted by molar-refractivity contribution is 0.283. The zero-order chi connectivity index (χ0) is 13.3. The number of aliphatic imine (C=N–C) groups is 1. The second kappa shape index (κ2) is 8.81. The Morgan fingerprint density at radius 1 is 1.06 bits per heavy atom. The first-order valence-corrected chi connectivity index (χ1v) is 6.20. The molecule has 0 rings (SSSR count). The van der Waals surface area contributed by atoms with Crippen molar-refractivity contribution >= 4 is 11.9 Å². The van der Waals surface area contributed by atoms with Crippen molar-refractivity contribution in [2.45, 2.75) is 27.2 Å². The fourth-order valence-corrected chi connectivity index (χ4v) is 1.63. The van der Waals surface area contributed by atoms with Crippen molar-refractivity contribution in [3.05, 3.63) is 0 Å². The second-order valence-corrected chi connectivity index (χ2v) is 3.82. The molecule has 0 aliphatic rings. The van der Waals surface area contributed by atoms with E-state index >= 15 is 0 Å². The molecule has 5 N–H and O–H groups in total. The van der Waals surface area contributed by atoms with Crippen LogP contribution in [0.4, 0.5) is 0 Å². The van der Waals surface area contributed by atoms with Gasteiger partial charge in [0.2, 0.25) is 5.96 Å². The lowest BCUT2D eigenvalue weighted by atomic mass is 10.3. The van der Waals surface area contributed by atoms with Gasteiger partial charge in [-0.05, 0) is 33.0 Å². The van der Waals surface area contributed by atoms with Crippen molar-refractivity contribution in [3.8, 4) is 0 Å². The van der Waals surface area contributed by atoms with Gasteiger partial charge in [-0.2, -0.15) is 4.99 Å². The van der Waals surface area contributed by atoms with E-state index in [4.69, 9.17) is 16.9 Å². The van der Waals surface area contributed by atoms with Crippen LogP contribution in [0.15, 0.2) is 4.99 Å². The molecule has 0 saturated heterocycles. The van der Waals surface area contributed by atoms with Crippen LogP contribution in [0.2, 0.25) is 0 Å². The van der Waals surface area contributed by atoms with Gasteiger partial charge in [0.05, 0.1) is 0 Å². The minimum atomic E-state index is -0.0582. The van der Waals surface area contributed by atoms with Crippen LogP contribution in [0.5, 0.6) is 0 Å². The average Bonchev–Trinajstić information content (AvgIpc) is 2.28. The Balaban J connectivity index is 4.06. The van der Waals surface area contributed by atoms with Crippen LogP contribution in [0.3, 0.4) is 0 Å². The Morgan fingerprint density at radius 2 is 1.65 bits per heavy atom. The standard InChI is InChI=1S/C11H26N6/c1-4-16(5-2)8-7-9-17(6-3)11(14)15-10(12)13/h4-9H2,1-3H3,(H5,12,13,14,15). The summed E-state index contributed by atoms with van der Waals surface area (Å²) in [5.41, 5.74) is 10.5. The summed E-state index contributed by atoms with van der Waals surface area (Å²) in [6.07, 6.45) is 1.01. The minimum absolute atomic E-state index is 0.0582. The van der Waals surface area contributed by atoms with Crippen molar-refractivity contribution in [3.63, 3.8) is 0 Å². The molecule has 0 aliphatic heterocycles. The lowest BCUT2D eigenvalue weighted by Crippen LogP contribution is -2.35. The van der Waals surface area contributed by atoms with Crippen molar-refractivity contribution in [1.29, 1.82) is 5.41 Å². The second-order valence-electron chi connectivity index (χ2n) is 3.82. The average molecular weight is 242 g/mol. The van der Waals surface area contributed by atoms with E-state index in [1.54, 1.807) is 0 Å². The third-order valence-corrected chi connectivity index (χ3v) is 2.71. The molecule has 17 heavy (non-hydrogen) atoms. The number of hydrogen-bond acceptors (Lipinski definition) is 2. The highest BCUT2D eigenvalue weighted by Crippen LogP contribution is 1.97. The number of rotatable bonds is 7. The molecule has 100 valence electrons. The van der Waals surface area contributed by atoms with Gasteiger partial charge >= 0.3 is 0 Å². The molecule has 0 fully saturated rings. The fourth-order valence-electron chi connectivity index (χ4n) is 1.63. The molecule has 0 aromatic carbocycles. The van der Waals surface area contributed by atoms with Crippen LogP contribution in [-0.4, -0.2) is 54.4 Å². The first-order chi connectivity index (χ1) is 8.04. The van der Waals surface area contributed by atoms with Gasteiger partial charge in [0, 0.05) is 13.1 Å². The maximum absolute atomic E-state index is 7.72. The summed E-state index contributed by atoms with van der Waals surface area (Å²) < 4.78 is 0. The summed E-state index contributed by atoms with van der Waals surface area (Å²) in [7, 11) is 0. The van der Waals surface area contributed by atoms with E-state index in [1.165, 1.54) is 0 Å². The number of guanidine groups is 2. The Kier molecular flexibility index (Phi) is 8.13. The molecule has 0 heterocycles. The maximum atomic E-state index is 7.72. The zero-order valence-electron chi connectivity index (χ0n) is 11.2. The van der Waals surface area contributed by atoms with Gasteiger partial charge < -0.3 is 21.3 Å². The van der Waals surface area contributed by atoms with Gasteiger partial charge in [-0.25, -0.2) is 0 Å². The van der Waals surface area contributed by atoms with Gasteiger partial charge in [0.15, 0.2) is 5.96 Å². The number of nitrogens with one attached hydrogen (secondary N) is 1. The molecule has 0 atom stereocenters. The molecular weight excluding hydrogens is 216 g/mol. The maximum Gasteiger partial charge on any atom is 0.220 e. The van der Waals surface area contributed by atoms with Crippen LogP contribution in [-0.2, 0) is 0 Å². The molecule has 0 aromatic heterocycles. The molecule has 0 radical (unpaired) electrons. The summed E-state index contributed by atoms with van der Waals surface area (Å²) in [5.74, 6) is 0.0873. The predicted octanol–water partition coefficient (Wildman–Crippen LogP) is 0.248. The first-order valence-electron chi connectivity index (χ1n) is 6.20. The van der Waals surface area contributed by atoms with Crippen molar-refractivity contribution in [2.24, 2.45) is 16.5 Å². The van der Waals surface area contributed by atoms with Crippen molar-refractivity contribution < 1.29 is 0 Å². The molecule has 0 unspecified atom stereocenters. The molecule has 0 saturated carbocycles. The van der Waals surface area contributed by atoms with Crippen molar-refractivity contribution in [1.82, 2.24) is 9.80 Å². The Hall–Kier alpha value is -1.30. The quantitative estimate of drug-likeness (QED) is 0.440. The molecule has 0 aliphatic carbocycles. The van der Waals surface area contributed by atoms with Gasteiger partial charge in [-0.3, -0.25) is 5.41 Å². The summed E-state index contributed by atoms with van der Waals surface area (Å²) in [4.78, 5) is 7.98. The molecule has 6 nitrogen and oxygen atoms in total. The van der Waals surface area contributed by atoms with Crippen LogP contribution >= 0.6 is 0 Å². The Morgan fingerprint density at radius 3 is 2.06 bits per heavy atom. The van der Waals surface area contributed by atoms with E-state index in [-0.39, 0.29) is 11.9 Å². The molecule has 0 bridgehead atoms. The SMILES string of the molecule is CCN(CC)CCCN(CC)C(=N)N=C(N)N. The smallest absolute Gasteiger partial charge is 0.220 e. The fraction of sp³-hybridized carbons (Fsp3) is 0.818. The third-order valence-electron chi connectivity index (χ3n) is 2.71. The number of hydrogen-bond donors (Lipinski definition) is 3. The topological polar surface area (TPSA) is 94.7 Å². The van der Waals surface area contributed by atoms with Crippen LogP contribution in [0, 0.1) is 5.41 Å². The summed E-state index contributed by atoms with van der Waals surface area (Å²) in [5, 5.41) is 7.72. The van der Waals surface area contributed by atoms with Gasteiger partial charge in [0.1, 0.15) is 0 Å². The summed E-state index contributed by atoms with van der Waals surface area (Å²) in [6, 6.07) is 0. The van der Waals surface area contributed by atoms with E-state index in [1.807, 2.05) is 11.8 Å². The van der Waals surface area contributed by atoms with Gasteiger partial charge in [-0.15, -0.1) is 0 Å². The Labute approximate surface area is 104 Å². The monoisotopic (exact) mass is 242 g/mol. The largest absolute Gasteiger partial charge is 0.370 e. The molecule has 0 spiro atoms. The van der Waals surface area contributed by atoms with E-state index in [9.17, 15) is 0 Å². The van der Waals surface area contributed by atoms with E-state index < -0.39 is 0 Å². The van der Waals surface area contributed by atoms with Gasteiger partial charge in [0.25, 0.3) is 0 Å². The number of nitrogens with two attached hydrogens (primary N) is 2. The van der Waals surface area contributed by atoms with Crippen LogP contribution in [0.1, 0.15) is 27.2 Å². The van der Waals surface area contributed by atoms with Crippen molar-refractivity contribution in [2.75, 3.05) is 32.7 Å². The third kappa shape index (κ3) is 6.78. The summed E-state index contributed by atoms with van der Waals surface area (Å²) in [6.45, 7) is 11.0. The highest BCUT2D eigenvalue weighted by atomic mass is 15.3. The normalized spacial score (nSPS) is 10.4. The highest BCUT2D eigenvalue weighted by molar-refractivity contribution is 5.91. The molecule has 6 heteroatoms. The zero-order valence-corrected chi connectivity index (χ0v) is 11.2. The van der Waals surface area contributed by atoms with E-state index in [0.29, 0.717) is 0 Å². The van der Waals surface area contributed by atoms with Crippen LogP contribution < -0.4 is 11.5 Å². The van der Waals surface area contributed by atoms with E-state index in [0.717, 1.165) is 39.1 Å². The molecule has 0 amide bonds. The summed E-state index contributed by atoms with van der Waals surface area (Å²) >= 11 is 0.